The number of carbonyl (C=O) groups excluding carboxylic acids is 1. The van der Waals surface area contributed by atoms with Gasteiger partial charge >= 0.3 is 0 Å². The van der Waals surface area contributed by atoms with Crippen LogP contribution in [0, 0.1) is 12.8 Å². The molecule has 168 valence electrons. The molecular weight excluding hydrogens is 402 g/mol. The molecule has 0 aliphatic carbocycles. The molecule has 2 aliphatic heterocycles. The van der Waals surface area contributed by atoms with Crippen LogP contribution in [0.2, 0.25) is 0 Å². The van der Waals surface area contributed by atoms with Gasteiger partial charge in [0.05, 0.1) is 29.8 Å². The number of fused-ring (bicyclic) bond motifs is 1. The Balaban J connectivity index is 1.40. The number of amides is 1. The van der Waals surface area contributed by atoms with E-state index in [4.69, 9.17) is 9.47 Å². The Morgan fingerprint density at radius 3 is 2.72 bits per heavy atom. The first-order valence-electron chi connectivity index (χ1n) is 11.6. The second-order valence-electron chi connectivity index (χ2n) is 9.13. The molecule has 4 heterocycles. The van der Waals surface area contributed by atoms with Crippen LogP contribution >= 0.6 is 0 Å². The smallest absolute Gasteiger partial charge is 0.233 e. The summed E-state index contributed by atoms with van der Waals surface area (Å²) in [6, 6.07) is 12.6. The third-order valence-corrected chi connectivity index (χ3v) is 7.00. The van der Waals surface area contributed by atoms with Crippen LogP contribution < -0.4 is 0 Å². The number of aryl methyl sites for hydroxylation is 1. The normalized spacial score (nSPS) is 21.4. The summed E-state index contributed by atoms with van der Waals surface area (Å²) in [5.74, 6) is 0.430. The summed E-state index contributed by atoms with van der Waals surface area (Å²) < 4.78 is 13.7. The van der Waals surface area contributed by atoms with Crippen LogP contribution in [0.25, 0.3) is 5.52 Å². The summed E-state index contributed by atoms with van der Waals surface area (Å²) in [4.78, 5) is 20.8. The van der Waals surface area contributed by atoms with Gasteiger partial charge in [-0.05, 0) is 43.9 Å². The average molecular weight is 434 g/mol. The molecule has 0 radical (unpaired) electrons. The number of benzene rings is 1. The molecular formula is C26H31N3O3. The number of aromatic nitrogens is 2. The minimum absolute atomic E-state index is 0.213. The minimum atomic E-state index is -0.513. The molecule has 2 saturated heterocycles. The number of ether oxygens (including phenoxy) is 2. The van der Waals surface area contributed by atoms with Crippen molar-refractivity contribution in [3.05, 3.63) is 71.8 Å². The van der Waals surface area contributed by atoms with E-state index in [9.17, 15) is 4.79 Å². The van der Waals surface area contributed by atoms with Gasteiger partial charge < -0.3 is 18.8 Å². The fourth-order valence-corrected chi connectivity index (χ4v) is 5.17. The first-order valence-corrected chi connectivity index (χ1v) is 11.6. The van der Waals surface area contributed by atoms with Gasteiger partial charge in [0.1, 0.15) is 0 Å². The van der Waals surface area contributed by atoms with Crippen molar-refractivity contribution in [1.82, 2.24) is 14.3 Å². The van der Waals surface area contributed by atoms with Crippen molar-refractivity contribution >= 4 is 11.4 Å². The van der Waals surface area contributed by atoms with Crippen molar-refractivity contribution < 1.29 is 14.3 Å². The highest BCUT2D eigenvalue weighted by molar-refractivity contribution is 5.88. The van der Waals surface area contributed by atoms with Gasteiger partial charge in [-0.15, -0.1) is 0 Å². The predicted molar refractivity (Wildman–Crippen MR) is 123 cm³/mol. The fourth-order valence-electron chi connectivity index (χ4n) is 5.17. The molecule has 6 heteroatoms. The Hall–Kier alpha value is -2.70. The Kier molecular flexibility index (Phi) is 5.98. The van der Waals surface area contributed by atoms with Crippen LogP contribution in [0.1, 0.15) is 29.7 Å². The lowest BCUT2D eigenvalue weighted by atomic mass is 9.72. The highest BCUT2D eigenvalue weighted by Gasteiger charge is 2.44. The largest absolute Gasteiger partial charge is 0.381 e. The van der Waals surface area contributed by atoms with E-state index in [0.717, 1.165) is 36.0 Å². The Labute approximate surface area is 189 Å². The number of hydrogen-bond acceptors (Lipinski definition) is 4. The van der Waals surface area contributed by atoms with Gasteiger partial charge in [-0.1, -0.05) is 29.8 Å². The standard InChI is InChI=1S/C26H31N3O3/c1-20-4-6-22(7-5-20)26(8-14-31-15-9-26)25(30)29-13-16-32-19-21(18-29)17-23-24-3-2-11-28(24)12-10-27-23/h2-7,10-12,21H,8-9,13-19H2,1H3/t21-/m0/s1. The van der Waals surface area contributed by atoms with Gasteiger partial charge in [0.15, 0.2) is 0 Å². The first kappa shape index (κ1) is 21.2. The van der Waals surface area contributed by atoms with Crippen LogP contribution in [0.15, 0.2) is 55.0 Å². The minimum Gasteiger partial charge on any atom is -0.381 e. The van der Waals surface area contributed by atoms with Gasteiger partial charge in [0, 0.05) is 50.8 Å². The SMILES string of the molecule is Cc1ccc(C2(C(=O)N3CCOC[C@@H](Cc4nccn5cccc45)C3)CCOCC2)cc1. The van der Waals surface area contributed by atoms with Crippen molar-refractivity contribution in [2.45, 2.75) is 31.6 Å². The van der Waals surface area contributed by atoms with Crippen LogP contribution in [0.5, 0.6) is 0 Å². The topological polar surface area (TPSA) is 56.1 Å². The van der Waals surface area contributed by atoms with E-state index in [1.54, 1.807) is 0 Å². The summed E-state index contributed by atoms with van der Waals surface area (Å²) >= 11 is 0. The molecule has 1 aromatic carbocycles. The maximum atomic E-state index is 14.1. The zero-order valence-electron chi connectivity index (χ0n) is 18.7. The third kappa shape index (κ3) is 4.05. The first-order chi connectivity index (χ1) is 15.7. The molecule has 0 spiro atoms. The van der Waals surface area contributed by atoms with Crippen LogP contribution in [0.3, 0.4) is 0 Å². The average Bonchev–Trinajstić information content (AvgIpc) is 3.19. The lowest BCUT2D eigenvalue weighted by molar-refractivity contribution is -0.141. The lowest BCUT2D eigenvalue weighted by Crippen LogP contribution is -2.51. The monoisotopic (exact) mass is 433 g/mol. The van der Waals surface area contributed by atoms with E-state index in [0.29, 0.717) is 39.5 Å². The quantitative estimate of drug-likeness (QED) is 0.633. The molecule has 1 atom stereocenters. The number of carbonyl (C=O) groups is 1. The summed E-state index contributed by atoms with van der Waals surface area (Å²) in [5, 5.41) is 0. The Bertz CT molecular complexity index is 1070. The Morgan fingerprint density at radius 1 is 1.09 bits per heavy atom. The predicted octanol–water partition coefficient (Wildman–Crippen LogP) is 3.41. The summed E-state index contributed by atoms with van der Waals surface area (Å²) in [6.45, 7) is 5.86. The van der Waals surface area contributed by atoms with Crippen molar-refractivity contribution in [3.8, 4) is 0 Å². The molecule has 0 N–H and O–H groups in total. The zero-order chi connectivity index (χ0) is 22.0. The Morgan fingerprint density at radius 2 is 1.91 bits per heavy atom. The molecule has 2 fully saturated rings. The molecule has 0 saturated carbocycles. The number of hydrogen-bond donors (Lipinski definition) is 0. The van der Waals surface area contributed by atoms with Crippen molar-refractivity contribution in [3.63, 3.8) is 0 Å². The van der Waals surface area contributed by atoms with Crippen LogP contribution in [-0.2, 0) is 26.1 Å². The maximum Gasteiger partial charge on any atom is 0.233 e. The summed E-state index contributed by atoms with van der Waals surface area (Å²) in [7, 11) is 0. The molecule has 2 aromatic heterocycles. The van der Waals surface area contributed by atoms with Crippen LogP contribution in [0.4, 0.5) is 0 Å². The molecule has 0 unspecified atom stereocenters. The maximum absolute atomic E-state index is 14.1. The van der Waals surface area contributed by atoms with Gasteiger partial charge in [0.2, 0.25) is 5.91 Å². The van der Waals surface area contributed by atoms with E-state index in [2.05, 4.69) is 46.6 Å². The molecule has 32 heavy (non-hydrogen) atoms. The summed E-state index contributed by atoms with van der Waals surface area (Å²) in [5.41, 5.74) is 3.98. The number of nitrogens with zero attached hydrogens (tertiary/aromatic N) is 3. The van der Waals surface area contributed by atoms with Crippen LogP contribution in [-0.4, -0.2) is 59.7 Å². The van der Waals surface area contributed by atoms with Crippen molar-refractivity contribution in [2.75, 3.05) is 39.5 Å². The van der Waals surface area contributed by atoms with Crippen molar-refractivity contribution in [1.29, 1.82) is 0 Å². The van der Waals surface area contributed by atoms with E-state index in [1.165, 1.54) is 5.56 Å². The van der Waals surface area contributed by atoms with E-state index < -0.39 is 5.41 Å². The highest BCUT2D eigenvalue weighted by Crippen LogP contribution is 2.37. The lowest BCUT2D eigenvalue weighted by Gasteiger charge is -2.40. The fraction of sp³-hybridized carbons (Fsp3) is 0.462. The molecule has 1 amide bonds. The molecule has 0 bridgehead atoms. The van der Waals surface area contributed by atoms with Gasteiger partial charge in [-0.3, -0.25) is 9.78 Å². The zero-order valence-corrected chi connectivity index (χ0v) is 18.7. The van der Waals surface area contributed by atoms with E-state index in [-0.39, 0.29) is 11.8 Å². The second kappa shape index (κ2) is 9.04. The summed E-state index contributed by atoms with van der Waals surface area (Å²) in [6.07, 6.45) is 8.09. The second-order valence-corrected chi connectivity index (χ2v) is 9.13. The third-order valence-electron chi connectivity index (χ3n) is 7.00. The molecule has 2 aliphatic rings. The number of rotatable bonds is 4. The van der Waals surface area contributed by atoms with E-state index >= 15 is 0 Å². The van der Waals surface area contributed by atoms with E-state index in [1.807, 2.05) is 29.6 Å². The highest BCUT2D eigenvalue weighted by atomic mass is 16.5. The van der Waals surface area contributed by atoms with Gasteiger partial charge in [-0.25, -0.2) is 0 Å². The van der Waals surface area contributed by atoms with Gasteiger partial charge in [-0.2, -0.15) is 0 Å². The molecule has 6 nitrogen and oxygen atoms in total. The van der Waals surface area contributed by atoms with Crippen molar-refractivity contribution in [2.24, 2.45) is 5.92 Å². The molecule has 5 rings (SSSR count). The molecule has 3 aromatic rings. The van der Waals surface area contributed by atoms with Gasteiger partial charge in [0.25, 0.3) is 0 Å².